The summed E-state index contributed by atoms with van der Waals surface area (Å²) in [5, 5.41) is 0. The molecule has 4 atom stereocenters. The number of fused-ring (bicyclic) bond motifs is 5. The van der Waals surface area contributed by atoms with Crippen LogP contribution in [0, 0.1) is 22.7 Å². The predicted molar refractivity (Wildman–Crippen MR) is 52.1 cm³/mol. The Morgan fingerprint density at radius 3 is 2.77 bits per heavy atom. The van der Waals surface area contributed by atoms with Gasteiger partial charge in [-0.25, -0.2) is 0 Å². The standard InChI is InChI=1S/C12H18O/c1-11(2)9-4-6-12(11,3)10-8(9)5-7-13-10/h5,7-10H,4,6H2,1-3H3/t8-,9-,10-,12+/m1/s1. The van der Waals surface area contributed by atoms with Gasteiger partial charge in [0, 0.05) is 11.3 Å². The van der Waals surface area contributed by atoms with Crippen molar-refractivity contribution in [1.29, 1.82) is 0 Å². The lowest BCUT2D eigenvalue weighted by molar-refractivity contribution is 0.00206. The highest BCUT2D eigenvalue weighted by molar-refractivity contribution is 5.21. The molecule has 72 valence electrons. The summed E-state index contributed by atoms with van der Waals surface area (Å²) in [6, 6.07) is 0. The van der Waals surface area contributed by atoms with Crippen LogP contribution in [0.3, 0.4) is 0 Å². The second-order valence-corrected chi connectivity index (χ2v) is 5.75. The molecule has 0 radical (unpaired) electrons. The Labute approximate surface area is 80.2 Å². The van der Waals surface area contributed by atoms with Gasteiger partial charge in [0.2, 0.25) is 0 Å². The van der Waals surface area contributed by atoms with Crippen LogP contribution in [0.5, 0.6) is 0 Å². The summed E-state index contributed by atoms with van der Waals surface area (Å²) >= 11 is 0. The molecule has 0 saturated heterocycles. The summed E-state index contributed by atoms with van der Waals surface area (Å²) in [7, 11) is 0. The second-order valence-electron chi connectivity index (χ2n) is 5.75. The smallest absolute Gasteiger partial charge is 0.110 e. The monoisotopic (exact) mass is 178 g/mol. The Kier molecular flexibility index (Phi) is 1.19. The predicted octanol–water partition coefficient (Wildman–Crippen LogP) is 2.97. The molecule has 0 unspecified atom stereocenters. The first-order valence-corrected chi connectivity index (χ1v) is 5.39. The summed E-state index contributed by atoms with van der Waals surface area (Å²) in [5.41, 5.74) is 0.902. The van der Waals surface area contributed by atoms with Crippen molar-refractivity contribution < 1.29 is 4.74 Å². The normalized spacial score (nSPS) is 55.2. The maximum atomic E-state index is 5.77. The van der Waals surface area contributed by atoms with E-state index >= 15 is 0 Å². The fraction of sp³-hybridized carbons (Fsp3) is 0.833. The van der Waals surface area contributed by atoms with Crippen molar-refractivity contribution in [3.8, 4) is 0 Å². The van der Waals surface area contributed by atoms with E-state index < -0.39 is 0 Å². The lowest BCUT2D eigenvalue weighted by atomic mass is 9.70. The molecule has 0 spiro atoms. The Morgan fingerprint density at radius 2 is 2.08 bits per heavy atom. The quantitative estimate of drug-likeness (QED) is 0.554. The fourth-order valence-electron chi connectivity index (χ4n) is 4.08. The number of hydrogen-bond donors (Lipinski definition) is 0. The minimum absolute atomic E-state index is 0.422. The molecule has 2 bridgehead atoms. The highest BCUT2D eigenvalue weighted by atomic mass is 16.5. The number of rotatable bonds is 0. The molecule has 1 nitrogen and oxygen atoms in total. The van der Waals surface area contributed by atoms with Crippen LogP contribution in [-0.4, -0.2) is 6.10 Å². The molecule has 0 aromatic carbocycles. The van der Waals surface area contributed by atoms with Crippen LogP contribution in [0.15, 0.2) is 12.3 Å². The first kappa shape index (κ1) is 7.90. The Balaban J connectivity index is 2.11. The molecule has 1 heteroatoms. The molecule has 13 heavy (non-hydrogen) atoms. The maximum absolute atomic E-state index is 5.77. The van der Waals surface area contributed by atoms with Gasteiger partial charge in [-0.15, -0.1) is 0 Å². The van der Waals surface area contributed by atoms with Gasteiger partial charge in [-0.3, -0.25) is 0 Å². The number of hydrogen-bond acceptors (Lipinski definition) is 1. The van der Waals surface area contributed by atoms with Gasteiger partial charge in [0.25, 0.3) is 0 Å². The highest BCUT2D eigenvalue weighted by Crippen LogP contribution is 2.69. The summed E-state index contributed by atoms with van der Waals surface area (Å²) in [4.78, 5) is 0. The van der Waals surface area contributed by atoms with Crippen molar-refractivity contribution in [2.45, 2.75) is 39.7 Å². The fourth-order valence-corrected chi connectivity index (χ4v) is 4.08. The van der Waals surface area contributed by atoms with Gasteiger partial charge < -0.3 is 4.74 Å². The van der Waals surface area contributed by atoms with Crippen molar-refractivity contribution in [2.24, 2.45) is 22.7 Å². The van der Waals surface area contributed by atoms with Gasteiger partial charge in [0.1, 0.15) is 6.10 Å². The molecule has 1 heterocycles. The maximum Gasteiger partial charge on any atom is 0.110 e. The zero-order valence-corrected chi connectivity index (χ0v) is 8.71. The zero-order chi connectivity index (χ0) is 9.27. The molecule has 0 N–H and O–H groups in total. The number of ether oxygens (including phenoxy) is 1. The summed E-state index contributed by atoms with van der Waals surface area (Å²) < 4.78 is 5.77. The summed E-state index contributed by atoms with van der Waals surface area (Å²) in [5.74, 6) is 1.58. The molecule has 2 fully saturated rings. The van der Waals surface area contributed by atoms with Gasteiger partial charge in [-0.2, -0.15) is 0 Å². The van der Waals surface area contributed by atoms with E-state index in [9.17, 15) is 0 Å². The van der Waals surface area contributed by atoms with Crippen LogP contribution in [0.25, 0.3) is 0 Å². The molecular formula is C12H18O. The summed E-state index contributed by atoms with van der Waals surface area (Å²) in [6.07, 6.45) is 7.47. The van der Waals surface area contributed by atoms with E-state index in [1.54, 1.807) is 0 Å². The molecule has 1 aliphatic heterocycles. The second kappa shape index (κ2) is 1.97. The van der Waals surface area contributed by atoms with Crippen LogP contribution in [0.1, 0.15) is 33.6 Å². The molecular weight excluding hydrogens is 160 g/mol. The molecule has 3 rings (SSSR count). The van der Waals surface area contributed by atoms with E-state index in [-0.39, 0.29) is 0 Å². The van der Waals surface area contributed by atoms with E-state index in [2.05, 4.69) is 26.8 Å². The third-order valence-electron chi connectivity index (χ3n) is 5.34. The third kappa shape index (κ3) is 0.639. The van der Waals surface area contributed by atoms with E-state index in [4.69, 9.17) is 4.74 Å². The van der Waals surface area contributed by atoms with Gasteiger partial charge in [0.05, 0.1) is 6.26 Å². The SMILES string of the molecule is CC1(C)[C@@H]2CC[C@@]1(C)[C@@H]1OC=C[C@H]21. The lowest BCUT2D eigenvalue weighted by Gasteiger charge is -2.37. The Hall–Kier alpha value is -0.460. The minimum Gasteiger partial charge on any atom is -0.497 e. The van der Waals surface area contributed by atoms with Crippen LogP contribution in [0.4, 0.5) is 0 Å². The average molecular weight is 178 g/mol. The minimum atomic E-state index is 0.422. The molecule has 3 aliphatic rings. The van der Waals surface area contributed by atoms with Crippen LogP contribution < -0.4 is 0 Å². The van der Waals surface area contributed by atoms with E-state index in [1.807, 2.05) is 6.26 Å². The van der Waals surface area contributed by atoms with Crippen LogP contribution in [0.2, 0.25) is 0 Å². The van der Waals surface area contributed by atoms with Crippen molar-refractivity contribution in [3.63, 3.8) is 0 Å². The largest absolute Gasteiger partial charge is 0.497 e. The zero-order valence-electron chi connectivity index (χ0n) is 8.71. The lowest BCUT2D eigenvalue weighted by Crippen LogP contribution is -2.36. The van der Waals surface area contributed by atoms with Crippen molar-refractivity contribution in [1.82, 2.24) is 0 Å². The highest BCUT2D eigenvalue weighted by Gasteiger charge is 2.67. The van der Waals surface area contributed by atoms with Crippen LogP contribution >= 0.6 is 0 Å². The first-order valence-electron chi connectivity index (χ1n) is 5.39. The van der Waals surface area contributed by atoms with E-state index in [0.717, 1.165) is 5.92 Å². The van der Waals surface area contributed by atoms with Gasteiger partial charge in [-0.05, 0) is 30.3 Å². The molecule has 0 amide bonds. The molecule has 2 saturated carbocycles. The average Bonchev–Trinajstić information content (AvgIpc) is 2.63. The molecule has 0 aromatic rings. The first-order chi connectivity index (χ1) is 6.07. The topological polar surface area (TPSA) is 9.23 Å². The van der Waals surface area contributed by atoms with Crippen LogP contribution in [-0.2, 0) is 4.74 Å². The third-order valence-corrected chi connectivity index (χ3v) is 5.34. The Bertz CT molecular complexity index is 279. The summed E-state index contributed by atoms with van der Waals surface area (Å²) in [6.45, 7) is 7.28. The van der Waals surface area contributed by atoms with Gasteiger partial charge in [0.15, 0.2) is 0 Å². The van der Waals surface area contributed by atoms with Gasteiger partial charge in [-0.1, -0.05) is 20.8 Å². The molecule has 0 aromatic heterocycles. The van der Waals surface area contributed by atoms with Crippen molar-refractivity contribution in [2.75, 3.05) is 0 Å². The van der Waals surface area contributed by atoms with Crippen molar-refractivity contribution in [3.05, 3.63) is 12.3 Å². The van der Waals surface area contributed by atoms with Crippen molar-refractivity contribution >= 4 is 0 Å². The van der Waals surface area contributed by atoms with E-state index in [1.165, 1.54) is 12.8 Å². The molecule has 2 aliphatic carbocycles. The van der Waals surface area contributed by atoms with E-state index in [0.29, 0.717) is 22.9 Å². The Morgan fingerprint density at radius 1 is 1.31 bits per heavy atom. The van der Waals surface area contributed by atoms with Gasteiger partial charge >= 0.3 is 0 Å².